The van der Waals surface area contributed by atoms with Crippen LogP contribution in [-0.4, -0.2) is 102 Å². The Morgan fingerprint density at radius 2 is 1.43 bits per heavy atom. The van der Waals surface area contributed by atoms with Crippen molar-refractivity contribution >= 4 is 45.9 Å². The van der Waals surface area contributed by atoms with Crippen molar-refractivity contribution in [3.8, 4) is 22.4 Å². The first-order valence-electron chi connectivity index (χ1n) is 22.5. The van der Waals surface area contributed by atoms with Crippen molar-refractivity contribution < 1.29 is 33.4 Å². The first-order valence-corrected chi connectivity index (χ1v) is 22.5. The van der Waals surface area contributed by atoms with Gasteiger partial charge in [-0.15, -0.1) is 0 Å². The second-order valence-corrected chi connectivity index (χ2v) is 18.4. The number of hydrogen-bond donors (Lipinski definition) is 2. The van der Waals surface area contributed by atoms with Crippen LogP contribution in [0.1, 0.15) is 83.6 Å². The van der Waals surface area contributed by atoms with Crippen molar-refractivity contribution in [3.05, 3.63) is 84.4 Å². The molecule has 0 spiro atoms. The number of imidazole rings is 1. The molecule has 6 atom stereocenters. The Bertz CT molecular complexity index is 2400. The Balaban J connectivity index is 0.921. The van der Waals surface area contributed by atoms with Gasteiger partial charge in [-0.05, 0) is 94.5 Å². The second-order valence-electron chi connectivity index (χ2n) is 18.4. The third kappa shape index (κ3) is 9.44. The minimum atomic E-state index is -0.698. The van der Waals surface area contributed by atoms with E-state index in [0.717, 1.165) is 81.5 Å². The highest BCUT2D eigenvalue weighted by Gasteiger charge is 2.43. The summed E-state index contributed by atoms with van der Waals surface area (Å²) in [7, 11) is 2.68. The summed E-state index contributed by atoms with van der Waals surface area (Å²) in [6.45, 7) is 10.6. The number of likely N-dealkylation sites (tertiary alicyclic amines) is 2. The topological polar surface area (TPSA) is 156 Å². The lowest BCUT2D eigenvalue weighted by Gasteiger charge is -2.34. The molecule has 0 saturated carbocycles. The van der Waals surface area contributed by atoms with Crippen LogP contribution in [0.4, 0.5) is 4.79 Å². The average molecular weight is 857 g/mol. The van der Waals surface area contributed by atoms with E-state index in [9.17, 15) is 19.2 Å². The number of alkyl carbamates (subject to hydrolysis) is 1. The number of aromatic nitrogens is 2. The summed E-state index contributed by atoms with van der Waals surface area (Å²) < 4.78 is 15.4. The van der Waals surface area contributed by atoms with Gasteiger partial charge in [-0.1, -0.05) is 76.2 Å². The van der Waals surface area contributed by atoms with Crippen LogP contribution in [0.25, 0.3) is 38.7 Å². The van der Waals surface area contributed by atoms with Crippen molar-refractivity contribution in [2.45, 2.75) is 84.3 Å². The fourth-order valence-electron chi connectivity index (χ4n) is 10.0. The van der Waals surface area contributed by atoms with Gasteiger partial charge in [0, 0.05) is 50.2 Å². The van der Waals surface area contributed by atoms with Crippen molar-refractivity contribution in [1.82, 2.24) is 25.1 Å². The molecule has 13 heteroatoms. The lowest BCUT2D eigenvalue weighted by molar-refractivity contribution is -0.149. The number of H-pyrrole nitrogens is 1. The quantitative estimate of drug-likeness (QED) is 0.135. The normalized spacial score (nSPS) is 22.5. The van der Waals surface area contributed by atoms with E-state index < -0.39 is 18.1 Å². The van der Waals surface area contributed by atoms with Crippen LogP contribution < -0.4 is 5.32 Å². The van der Waals surface area contributed by atoms with Gasteiger partial charge in [-0.3, -0.25) is 19.4 Å². The van der Waals surface area contributed by atoms with Gasteiger partial charge in [0.1, 0.15) is 11.9 Å². The van der Waals surface area contributed by atoms with Gasteiger partial charge >= 0.3 is 12.1 Å². The molecule has 0 radical (unpaired) electrons. The molecule has 3 fully saturated rings. The lowest BCUT2D eigenvalue weighted by atomic mass is 9.82. The molecule has 0 bridgehead atoms. The zero-order valence-electron chi connectivity index (χ0n) is 37.3. The maximum atomic E-state index is 14.2. The molecule has 4 aromatic rings. The summed E-state index contributed by atoms with van der Waals surface area (Å²) in [5, 5.41) is 4.94. The van der Waals surface area contributed by atoms with Crippen LogP contribution >= 0.6 is 0 Å². The first-order chi connectivity index (χ1) is 30.4. The van der Waals surface area contributed by atoms with E-state index >= 15 is 0 Å². The number of hydrogen-bond acceptors (Lipinski definition) is 9. The molecule has 13 nitrogen and oxygen atoms in total. The minimum Gasteiger partial charge on any atom is -0.469 e. The van der Waals surface area contributed by atoms with Crippen molar-refractivity contribution in [2.75, 3.05) is 40.5 Å². The summed E-state index contributed by atoms with van der Waals surface area (Å²) in [6, 6.07) is 20.5. The van der Waals surface area contributed by atoms with Gasteiger partial charge in [0.25, 0.3) is 0 Å². The summed E-state index contributed by atoms with van der Waals surface area (Å²) >= 11 is 0. The Morgan fingerprint density at radius 1 is 0.810 bits per heavy atom. The lowest BCUT2D eigenvalue weighted by Crippen LogP contribution is -2.51. The Labute approximate surface area is 369 Å². The number of methoxy groups -OCH3 is 2. The predicted octanol–water partition coefficient (Wildman–Crippen LogP) is 8.22. The number of amides is 3. The molecular formula is C50H60N6O7. The minimum absolute atomic E-state index is 0.0350. The van der Waals surface area contributed by atoms with Crippen LogP contribution in [0.5, 0.6) is 0 Å². The van der Waals surface area contributed by atoms with Crippen LogP contribution in [-0.2, 0) is 28.6 Å². The molecule has 4 aliphatic heterocycles. The highest BCUT2D eigenvalue weighted by molar-refractivity contribution is 6.03. The standard InChI is InChI=1S/C50H60N6O7/c1-29(2)46(54-50(60)62-6)49(59)56-28-31(4)20-44(56)47-52-26-42(53-47)38-14-13-36-21-35(11-12-37(36)22-38)32-7-9-33(10-8-32)39-23-41(51-25-39)43-19-30(3)27-55(43)48(58)40(24-45(57)61-5)34-15-17-63-18-16-34/h7-14,21-22,25-26,29-31,34,40,43-44,46H,15-20,23-24,27-28H2,1-6H3,(H,52,53)(H,54,60)/t30-,31-,40-,43-,44-,46-/m0/s1. The number of rotatable bonds is 12. The second kappa shape index (κ2) is 18.9. The largest absolute Gasteiger partial charge is 0.469 e. The summed E-state index contributed by atoms with van der Waals surface area (Å²) in [5.74, 6) is 0.466. The number of aromatic amines is 1. The highest BCUT2D eigenvalue weighted by atomic mass is 16.5. The molecule has 0 unspecified atom stereocenters. The Kier molecular flexibility index (Phi) is 13.1. The maximum absolute atomic E-state index is 14.2. The van der Waals surface area contributed by atoms with E-state index in [1.807, 2.05) is 36.0 Å². The third-order valence-corrected chi connectivity index (χ3v) is 13.5. The SMILES string of the molecule is COC(=O)C[C@H](C(=O)N1C[C@@H](C)C[C@H]1C1=NC=C(c2ccc(-c3ccc4cc(-c5cnc([C@@H]6C[C@H](C)CN6C(=O)[C@@H](NC(=O)OC)C(C)C)[nH]5)ccc4c3)cc2)C1)C1CCOCC1. The molecule has 1 aromatic heterocycles. The van der Waals surface area contributed by atoms with Crippen molar-refractivity contribution in [3.63, 3.8) is 0 Å². The molecule has 63 heavy (non-hydrogen) atoms. The number of nitrogens with one attached hydrogen (secondary N) is 2. The zero-order chi connectivity index (χ0) is 44.4. The molecule has 3 aromatic carbocycles. The maximum Gasteiger partial charge on any atom is 0.407 e. The average Bonchev–Trinajstić information content (AvgIpc) is 4.14. The number of esters is 1. The van der Waals surface area contributed by atoms with E-state index in [1.165, 1.54) is 14.2 Å². The van der Waals surface area contributed by atoms with Crippen LogP contribution in [0.2, 0.25) is 0 Å². The van der Waals surface area contributed by atoms with Gasteiger partial charge in [-0.2, -0.15) is 0 Å². The molecular weight excluding hydrogens is 797 g/mol. The van der Waals surface area contributed by atoms with Crippen LogP contribution in [0.15, 0.2) is 78.1 Å². The molecule has 4 aliphatic rings. The number of aliphatic imine (C=N–C) groups is 1. The van der Waals surface area contributed by atoms with E-state index in [-0.39, 0.29) is 54.0 Å². The number of nitrogens with zero attached hydrogens (tertiary/aromatic N) is 4. The number of carbonyl (C=O) groups excluding carboxylic acids is 4. The van der Waals surface area contributed by atoms with E-state index in [0.29, 0.717) is 38.6 Å². The number of benzene rings is 3. The van der Waals surface area contributed by atoms with Gasteiger partial charge in [-0.25, -0.2) is 9.78 Å². The fourth-order valence-corrected chi connectivity index (χ4v) is 10.0. The van der Waals surface area contributed by atoms with Crippen LogP contribution in [0, 0.1) is 29.6 Å². The zero-order valence-corrected chi connectivity index (χ0v) is 37.3. The number of fused-ring (bicyclic) bond motifs is 1. The molecule has 0 aliphatic carbocycles. The van der Waals surface area contributed by atoms with Crippen LogP contribution in [0.3, 0.4) is 0 Å². The highest BCUT2D eigenvalue weighted by Crippen LogP contribution is 2.38. The molecule has 3 amide bonds. The van der Waals surface area contributed by atoms with Gasteiger partial charge < -0.3 is 34.3 Å². The smallest absolute Gasteiger partial charge is 0.407 e. The molecule has 8 rings (SSSR count). The molecule has 332 valence electrons. The predicted molar refractivity (Wildman–Crippen MR) is 242 cm³/mol. The summed E-state index contributed by atoms with van der Waals surface area (Å²) in [4.78, 5) is 69.5. The first kappa shape index (κ1) is 43.8. The number of ether oxygens (including phenoxy) is 3. The van der Waals surface area contributed by atoms with Gasteiger partial charge in [0.15, 0.2) is 0 Å². The van der Waals surface area contributed by atoms with Gasteiger partial charge in [0.2, 0.25) is 11.8 Å². The number of carbonyl (C=O) groups is 4. The van der Waals surface area contributed by atoms with E-state index in [1.54, 1.807) is 0 Å². The van der Waals surface area contributed by atoms with E-state index in [4.69, 9.17) is 24.2 Å². The molecule has 2 N–H and O–H groups in total. The monoisotopic (exact) mass is 856 g/mol. The third-order valence-electron chi connectivity index (χ3n) is 13.5. The van der Waals surface area contributed by atoms with Gasteiger partial charge in [0.05, 0.1) is 50.5 Å². The number of allylic oxidation sites excluding steroid dienone is 1. The fraction of sp³-hybridized carbons (Fsp3) is 0.480. The Hall–Kier alpha value is -5.82. The van der Waals surface area contributed by atoms with Crippen molar-refractivity contribution in [2.24, 2.45) is 34.6 Å². The van der Waals surface area contributed by atoms with Crippen molar-refractivity contribution in [1.29, 1.82) is 0 Å². The molecule has 3 saturated heterocycles. The summed E-state index contributed by atoms with van der Waals surface area (Å²) in [6.07, 6.45) is 7.10. The molecule has 5 heterocycles. The van der Waals surface area contributed by atoms with E-state index in [2.05, 4.69) is 84.8 Å². The Morgan fingerprint density at radius 3 is 2.10 bits per heavy atom. The summed E-state index contributed by atoms with van der Waals surface area (Å²) in [5.41, 5.74) is 7.34.